The zero-order valence-corrected chi connectivity index (χ0v) is 23.9. The van der Waals surface area contributed by atoms with Crippen molar-refractivity contribution in [2.24, 2.45) is 5.73 Å². The molecule has 2 aromatic carbocycles. The van der Waals surface area contributed by atoms with E-state index in [0.717, 1.165) is 5.56 Å². The highest BCUT2D eigenvalue weighted by atomic mass is 35.5. The van der Waals surface area contributed by atoms with Crippen LogP contribution >= 0.6 is 23.2 Å². The van der Waals surface area contributed by atoms with Gasteiger partial charge in [0.1, 0.15) is 11.1 Å². The van der Waals surface area contributed by atoms with E-state index in [-0.39, 0.29) is 11.5 Å². The van der Waals surface area contributed by atoms with Crippen LogP contribution in [0.3, 0.4) is 0 Å². The summed E-state index contributed by atoms with van der Waals surface area (Å²) in [5.74, 6) is -1.31. The summed E-state index contributed by atoms with van der Waals surface area (Å²) < 4.78 is 0. The Bertz CT molecular complexity index is 1270. The SMILES string of the molecule is Cc1cc(Cl)cc(C(=O)N(C)C(C)(C)C#N)c1N.Cc1cc(Cl)cc(C(=O)N(C)C(C)(C)C(N)=O)c1N. The molecule has 0 aromatic heterocycles. The largest absolute Gasteiger partial charge is 0.398 e. The molecular weight excluding hydrogens is 515 g/mol. The molecule has 3 amide bonds. The van der Waals surface area contributed by atoms with Gasteiger partial charge in [0.15, 0.2) is 0 Å². The van der Waals surface area contributed by atoms with Crippen LogP contribution in [-0.2, 0) is 4.79 Å². The standard InChI is InChI=1S/C13H18ClN3O2.C13H16ClN3O/c1-7-5-8(14)6-9(10(7)15)11(18)17(4)13(2,3)12(16)19;1-8-5-9(14)6-10(11(8)16)12(18)17(4)13(2,3)7-15/h5-6H,15H2,1-4H3,(H2,16,19);5-6H,16H2,1-4H3. The van der Waals surface area contributed by atoms with Gasteiger partial charge in [-0.25, -0.2) is 0 Å². The molecule has 6 N–H and O–H groups in total. The smallest absolute Gasteiger partial charge is 0.257 e. The normalized spacial score (nSPS) is 11.1. The van der Waals surface area contributed by atoms with Gasteiger partial charge in [0.05, 0.1) is 17.2 Å². The molecule has 200 valence electrons. The second-order valence-corrected chi connectivity index (χ2v) is 10.6. The van der Waals surface area contributed by atoms with Gasteiger partial charge in [0, 0.05) is 35.5 Å². The number of anilines is 2. The van der Waals surface area contributed by atoms with Crippen molar-refractivity contribution in [3.8, 4) is 6.07 Å². The number of nitrogens with zero attached hydrogens (tertiary/aromatic N) is 3. The lowest BCUT2D eigenvalue weighted by atomic mass is 10.00. The number of carbonyl (C=O) groups excluding carboxylic acids is 3. The van der Waals surface area contributed by atoms with Gasteiger partial charge >= 0.3 is 0 Å². The first-order chi connectivity index (χ1) is 16.8. The Labute approximate surface area is 228 Å². The van der Waals surface area contributed by atoms with Gasteiger partial charge in [-0.05, 0) is 76.9 Å². The molecule has 37 heavy (non-hydrogen) atoms. The molecule has 2 rings (SSSR count). The van der Waals surface area contributed by atoms with E-state index in [9.17, 15) is 14.4 Å². The molecule has 0 saturated carbocycles. The fourth-order valence-corrected chi connectivity index (χ4v) is 3.52. The monoisotopic (exact) mass is 548 g/mol. The predicted molar refractivity (Wildman–Crippen MR) is 148 cm³/mol. The third kappa shape index (κ3) is 7.06. The molecule has 0 aliphatic rings. The molecule has 0 fully saturated rings. The molecule has 0 bridgehead atoms. The van der Waals surface area contributed by atoms with E-state index in [1.807, 2.05) is 0 Å². The van der Waals surface area contributed by atoms with Gasteiger partial charge < -0.3 is 27.0 Å². The van der Waals surface area contributed by atoms with Crippen LogP contribution in [0, 0.1) is 25.2 Å². The average Bonchev–Trinajstić information content (AvgIpc) is 2.81. The molecule has 2 aromatic rings. The first-order valence-electron chi connectivity index (χ1n) is 11.2. The molecule has 0 radical (unpaired) electrons. The van der Waals surface area contributed by atoms with Gasteiger partial charge in [-0.1, -0.05) is 23.2 Å². The number of carbonyl (C=O) groups is 3. The van der Waals surface area contributed by atoms with Gasteiger partial charge in [-0.3, -0.25) is 14.4 Å². The van der Waals surface area contributed by atoms with E-state index in [1.165, 1.54) is 29.0 Å². The van der Waals surface area contributed by atoms with Crippen LogP contribution < -0.4 is 17.2 Å². The summed E-state index contributed by atoms with van der Waals surface area (Å²) in [5, 5.41) is 9.91. The molecular formula is C26H34Cl2N6O3. The van der Waals surface area contributed by atoms with Crippen molar-refractivity contribution in [2.45, 2.75) is 52.6 Å². The Hall–Kier alpha value is -3.48. The summed E-state index contributed by atoms with van der Waals surface area (Å²) in [6.45, 7) is 10.0. The Morgan fingerprint density at radius 3 is 1.49 bits per heavy atom. The maximum Gasteiger partial charge on any atom is 0.257 e. The van der Waals surface area contributed by atoms with E-state index in [4.69, 9.17) is 45.7 Å². The number of hydrogen-bond donors (Lipinski definition) is 3. The summed E-state index contributed by atoms with van der Waals surface area (Å²) in [5.41, 5.74) is 17.8. The fraction of sp³-hybridized carbons (Fsp3) is 0.385. The number of likely N-dealkylation sites (N-methyl/N-ethyl adjacent to an activating group) is 1. The average molecular weight is 550 g/mol. The molecule has 0 aliphatic heterocycles. The Morgan fingerprint density at radius 2 is 1.16 bits per heavy atom. The molecule has 0 aliphatic carbocycles. The number of nitriles is 1. The second-order valence-electron chi connectivity index (χ2n) is 9.69. The summed E-state index contributed by atoms with van der Waals surface area (Å²) in [7, 11) is 3.07. The van der Waals surface area contributed by atoms with Crippen LogP contribution in [-0.4, -0.2) is 52.7 Å². The number of aryl methyl sites for hydroxylation is 2. The summed E-state index contributed by atoms with van der Waals surface area (Å²) in [4.78, 5) is 38.7. The van der Waals surface area contributed by atoms with Crippen LogP contribution in [0.1, 0.15) is 59.5 Å². The Kier molecular flexibility index (Phi) is 9.99. The van der Waals surface area contributed by atoms with Gasteiger partial charge in [0.2, 0.25) is 5.91 Å². The van der Waals surface area contributed by atoms with Crippen LogP contribution in [0.4, 0.5) is 11.4 Å². The van der Waals surface area contributed by atoms with Gasteiger partial charge in [0.25, 0.3) is 11.8 Å². The molecule has 11 heteroatoms. The third-order valence-electron chi connectivity index (χ3n) is 6.33. The van der Waals surface area contributed by atoms with E-state index in [2.05, 4.69) is 6.07 Å². The lowest BCUT2D eigenvalue weighted by molar-refractivity contribution is -0.126. The highest BCUT2D eigenvalue weighted by Gasteiger charge is 2.34. The number of halogens is 2. The van der Waals surface area contributed by atoms with Crippen molar-refractivity contribution < 1.29 is 14.4 Å². The van der Waals surface area contributed by atoms with Crippen molar-refractivity contribution in [2.75, 3.05) is 25.6 Å². The highest BCUT2D eigenvalue weighted by molar-refractivity contribution is 6.31. The van der Waals surface area contributed by atoms with Crippen LogP contribution in [0.2, 0.25) is 10.0 Å². The number of primary amides is 1. The number of rotatable bonds is 5. The lowest BCUT2D eigenvalue weighted by Gasteiger charge is -2.33. The van der Waals surface area contributed by atoms with Crippen LogP contribution in [0.15, 0.2) is 24.3 Å². The zero-order valence-electron chi connectivity index (χ0n) is 22.4. The number of nitrogens with two attached hydrogens (primary N) is 3. The first kappa shape index (κ1) is 31.5. The van der Waals surface area contributed by atoms with Crippen molar-refractivity contribution in [3.05, 3.63) is 56.6 Å². The number of amides is 3. The minimum Gasteiger partial charge on any atom is -0.398 e. The second kappa shape index (κ2) is 11.7. The minimum absolute atomic E-state index is 0.266. The summed E-state index contributed by atoms with van der Waals surface area (Å²) in [6.07, 6.45) is 0. The van der Waals surface area contributed by atoms with E-state index in [1.54, 1.807) is 60.7 Å². The predicted octanol–water partition coefficient (Wildman–Crippen LogP) is 4.17. The van der Waals surface area contributed by atoms with E-state index < -0.39 is 22.9 Å². The van der Waals surface area contributed by atoms with Crippen molar-refractivity contribution in [3.63, 3.8) is 0 Å². The van der Waals surface area contributed by atoms with Crippen LogP contribution in [0.25, 0.3) is 0 Å². The quantitative estimate of drug-likeness (QED) is 0.475. The Balaban J connectivity index is 0.000000371. The van der Waals surface area contributed by atoms with Gasteiger partial charge in [-0.2, -0.15) is 5.26 Å². The molecule has 0 saturated heterocycles. The van der Waals surface area contributed by atoms with E-state index in [0.29, 0.717) is 32.5 Å². The maximum absolute atomic E-state index is 12.4. The molecule has 0 spiro atoms. The topological polar surface area (TPSA) is 160 Å². The van der Waals surface area contributed by atoms with Crippen molar-refractivity contribution >= 4 is 52.3 Å². The van der Waals surface area contributed by atoms with Gasteiger partial charge in [-0.15, -0.1) is 0 Å². The third-order valence-corrected chi connectivity index (χ3v) is 6.76. The minimum atomic E-state index is -1.11. The zero-order chi connectivity index (χ0) is 29.0. The molecule has 0 heterocycles. The Morgan fingerprint density at radius 1 is 0.811 bits per heavy atom. The maximum atomic E-state index is 12.4. The van der Waals surface area contributed by atoms with Crippen molar-refractivity contribution in [1.29, 1.82) is 5.26 Å². The first-order valence-corrected chi connectivity index (χ1v) is 11.9. The number of benzene rings is 2. The number of nitrogen functional groups attached to an aromatic ring is 2. The lowest BCUT2D eigenvalue weighted by Crippen LogP contribution is -2.53. The highest BCUT2D eigenvalue weighted by Crippen LogP contribution is 2.27. The molecule has 9 nitrogen and oxygen atoms in total. The number of hydrogen-bond acceptors (Lipinski definition) is 6. The molecule has 0 atom stereocenters. The molecule has 0 unspecified atom stereocenters. The fourth-order valence-electron chi connectivity index (χ4n) is 2.97. The van der Waals surface area contributed by atoms with Crippen molar-refractivity contribution in [1.82, 2.24) is 9.80 Å². The summed E-state index contributed by atoms with van der Waals surface area (Å²) in [6, 6.07) is 8.45. The van der Waals surface area contributed by atoms with E-state index >= 15 is 0 Å². The van der Waals surface area contributed by atoms with Crippen LogP contribution in [0.5, 0.6) is 0 Å². The summed E-state index contributed by atoms with van der Waals surface area (Å²) >= 11 is 11.9.